The normalized spacial score (nSPS) is 12.3. The Bertz CT molecular complexity index is 943. The Morgan fingerprint density at radius 2 is 1.92 bits per heavy atom. The molecule has 0 aliphatic heterocycles. The van der Waals surface area contributed by atoms with Gasteiger partial charge in [-0.15, -0.1) is 0 Å². The number of para-hydroxylation sites is 2. The third-order valence-corrected chi connectivity index (χ3v) is 4.64. The fourth-order valence-electron chi connectivity index (χ4n) is 3.21. The summed E-state index contributed by atoms with van der Waals surface area (Å²) in [4.78, 5) is 31.3. The van der Waals surface area contributed by atoms with E-state index in [-0.39, 0.29) is 24.2 Å². The van der Waals surface area contributed by atoms with Crippen LogP contribution in [0.15, 0.2) is 53.6 Å². The highest BCUT2D eigenvalue weighted by Crippen LogP contribution is 2.20. The zero-order chi connectivity index (χ0) is 18.0. The summed E-state index contributed by atoms with van der Waals surface area (Å²) in [5.41, 5.74) is 2.39. The maximum atomic E-state index is 12.9. The van der Waals surface area contributed by atoms with Gasteiger partial charge in [0, 0.05) is 26.0 Å². The topological polar surface area (TPSA) is 60.1 Å². The molecule has 0 fully saturated rings. The lowest BCUT2D eigenvalue weighted by molar-refractivity contribution is -0.133. The van der Waals surface area contributed by atoms with Crippen LogP contribution in [-0.2, 0) is 18.4 Å². The molecule has 1 amide bonds. The van der Waals surface area contributed by atoms with E-state index in [9.17, 15) is 9.59 Å². The number of pyridine rings is 1. The van der Waals surface area contributed by atoms with Crippen LogP contribution in [0.4, 0.5) is 0 Å². The minimum Gasteiger partial charge on any atom is -0.335 e. The van der Waals surface area contributed by atoms with E-state index < -0.39 is 0 Å². The van der Waals surface area contributed by atoms with Gasteiger partial charge in [-0.3, -0.25) is 18.9 Å². The van der Waals surface area contributed by atoms with Crippen molar-refractivity contribution >= 4 is 16.9 Å². The van der Waals surface area contributed by atoms with Crippen LogP contribution in [0.1, 0.15) is 25.5 Å². The number of benzene rings is 1. The van der Waals surface area contributed by atoms with Gasteiger partial charge in [0.2, 0.25) is 5.91 Å². The van der Waals surface area contributed by atoms with E-state index in [4.69, 9.17) is 0 Å². The van der Waals surface area contributed by atoms with E-state index in [0.29, 0.717) is 6.54 Å². The van der Waals surface area contributed by atoms with Crippen LogP contribution in [0.5, 0.6) is 0 Å². The fraction of sp³-hybridized carbons (Fsp3) is 0.316. The van der Waals surface area contributed by atoms with Crippen molar-refractivity contribution in [3.63, 3.8) is 0 Å². The third-order valence-electron chi connectivity index (χ3n) is 4.64. The second kappa shape index (κ2) is 6.93. The summed E-state index contributed by atoms with van der Waals surface area (Å²) in [7, 11) is 1.72. The average molecular weight is 338 g/mol. The van der Waals surface area contributed by atoms with Gasteiger partial charge in [0.15, 0.2) is 0 Å². The predicted molar refractivity (Wildman–Crippen MR) is 97.2 cm³/mol. The van der Waals surface area contributed by atoms with Crippen LogP contribution in [0.3, 0.4) is 0 Å². The Balaban J connectivity index is 1.91. The Morgan fingerprint density at radius 1 is 1.20 bits per heavy atom. The first-order valence-corrected chi connectivity index (χ1v) is 8.38. The molecule has 2 heterocycles. The molecule has 2 aromatic heterocycles. The number of carbonyl (C=O) groups excluding carboxylic acids is 1. The van der Waals surface area contributed by atoms with Crippen LogP contribution in [0.25, 0.3) is 11.0 Å². The molecule has 6 nitrogen and oxygen atoms in total. The van der Waals surface area contributed by atoms with Crippen molar-refractivity contribution in [2.24, 2.45) is 7.05 Å². The van der Waals surface area contributed by atoms with Crippen molar-refractivity contribution in [1.82, 2.24) is 19.0 Å². The molecule has 6 heteroatoms. The smallest absolute Gasteiger partial charge is 0.329 e. The zero-order valence-corrected chi connectivity index (χ0v) is 14.7. The van der Waals surface area contributed by atoms with Gasteiger partial charge in [-0.05, 0) is 37.6 Å². The van der Waals surface area contributed by atoms with E-state index in [0.717, 1.165) is 16.6 Å². The molecule has 0 saturated carbocycles. The first-order valence-electron chi connectivity index (χ1n) is 8.38. The Labute approximate surface area is 146 Å². The summed E-state index contributed by atoms with van der Waals surface area (Å²) in [5.74, 6) is -0.0858. The Hall–Kier alpha value is -2.89. The average Bonchev–Trinajstić information content (AvgIpc) is 2.88. The van der Waals surface area contributed by atoms with Gasteiger partial charge in [0.25, 0.3) is 0 Å². The lowest BCUT2D eigenvalue weighted by Gasteiger charge is -2.28. The van der Waals surface area contributed by atoms with Gasteiger partial charge in [0.05, 0.1) is 17.1 Å². The summed E-state index contributed by atoms with van der Waals surface area (Å²) >= 11 is 0. The molecular weight excluding hydrogens is 316 g/mol. The SMILES string of the molecule is CCN(C(=O)Cn1c(=O)n(C)c2ccccc21)[C@H](C)c1cccnc1. The first-order chi connectivity index (χ1) is 12.0. The van der Waals surface area contributed by atoms with E-state index >= 15 is 0 Å². The molecule has 0 aliphatic carbocycles. The molecular formula is C19H22N4O2. The molecule has 0 N–H and O–H groups in total. The maximum Gasteiger partial charge on any atom is 0.329 e. The van der Waals surface area contributed by atoms with Crippen molar-refractivity contribution in [3.05, 3.63) is 64.8 Å². The standard InChI is InChI=1S/C19H22N4O2/c1-4-22(14(2)15-8-7-11-20-12-15)18(24)13-23-17-10-6-5-9-16(17)21(3)19(23)25/h5-12,14H,4,13H2,1-3H3/t14-/m1/s1. The number of hydrogen-bond donors (Lipinski definition) is 0. The zero-order valence-electron chi connectivity index (χ0n) is 14.7. The quantitative estimate of drug-likeness (QED) is 0.717. The van der Waals surface area contributed by atoms with Gasteiger partial charge in [0.1, 0.15) is 6.54 Å². The van der Waals surface area contributed by atoms with Crippen molar-refractivity contribution < 1.29 is 4.79 Å². The van der Waals surface area contributed by atoms with Crippen LogP contribution in [0, 0.1) is 0 Å². The number of carbonyl (C=O) groups is 1. The number of hydrogen-bond acceptors (Lipinski definition) is 3. The molecule has 3 rings (SSSR count). The molecule has 0 bridgehead atoms. The molecule has 0 spiro atoms. The number of amides is 1. The van der Waals surface area contributed by atoms with E-state index in [2.05, 4.69) is 4.98 Å². The number of aryl methyl sites for hydroxylation is 1. The summed E-state index contributed by atoms with van der Waals surface area (Å²) in [6.07, 6.45) is 3.48. The number of likely N-dealkylation sites (N-methyl/N-ethyl adjacent to an activating group) is 1. The van der Waals surface area contributed by atoms with E-state index in [1.54, 1.807) is 28.9 Å². The summed E-state index contributed by atoms with van der Waals surface area (Å²) < 4.78 is 3.11. The highest BCUT2D eigenvalue weighted by atomic mass is 16.2. The number of rotatable bonds is 5. The molecule has 0 unspecified atom stereocenters. The van der Waals surface area contributed by atoms with E-state index in [1.807, 2.05) is 50.2 Å². The predicted octanol–water partition coefficient (Wildman–Crippen LogP) is 2.34. The van der Waals surface area contributed by atoms with Crippen LogP contribution < -0.4 is 5.69 Å². The van der Waals surface area contributed by atoms with Crippen LogP contribution in [-0.4, -0.2) is 31.5 Å². The second-order valence-corrected chi connectivity index (χ2v) is 6.06. The minimum absolute atomic E-state index is 0.0264. The minimum atomic E-state index is -0.181. The van der Waals surface area contributed by atoms with Crippen molar-refractivity contribution in [2.45, 2.75) is 26.4 Å². The molecule has 1 atom stereocenters. The molecule has 3 aromatic rings. The summed E-state index contributed by atoms with van der Waals surface area (Å²) in [5, 5.41) is 0. The highest BCUT2D eigenvalue weighted by molar-refractivity contribution is 5.81. The second-order valence-electron chi connectivity index (χ2n) is 6.06. The monoisotopic (exact) mass is 338 g/mol. The number of imidazole rings is 1. The third kappa shape index (κ3) is 3.07. The molecule has 0 radical (unpaired) electrons. The fourth-order valence-corrected chi connectivity index (χ4v) is 3.21. The van der Waals surface area contributed by atoms with Crippen molar-refractivity contribution in [2.75, 3.05) is 6.54 Å². The van der Waals surface area contributed by atoms with Gasteiger partial charge < -0.3 is 4.90 Å². The summed E-state index contributed by atoms with van der Waals surface area (Å²) in [6, 6.07) is 11.2. The number of aromatic nitrogens is 3. The molecule has 1 aromatic carbocycles. The Morgan fingerprint density at radius 3 is 2.56 bits per heavy atom. The van der Waals surface area contributed by atoms with Gasteiger partial charge in [-0.1, -0.05) is 18.2 Å². The lowest BCUT2D eigenvalue weighted by Crippen LogP contribution is -2.38. The van der Waals surface area contributed by atoms with Gasteiger partial charge in [-0.25, -0.2) is 4.79 Å². The first kappa shape index (κ1) is 17.0. The number of fused-ring (bicyclic) bond motifs is 1. The molecule has 0 aliphatic rings. The summed E-state index contributed by atoms with van der Waals surface area (Å²) in [6.45, 7) is 4.51. The largest absolute Gasteiger partial charge is 0.335 e. The molecule has 0 saturated heterocycles. The molecule has 130 valence electrons. The number of nitrogens with zero attached hydrogens (tertiary/aromatic N) is 4. The Kier molecular flexibility index (Phi) is 4.70. The van der Waals surface area contributed by atoms with Crippen molar-refractivity contribution in [1.29, 1.82) is 0 Å². The lowest BCUT2D eigenvalue weighted by atomic mass is 10.1. The van der Waals surface area contributed by atoms with Crippen LogP contribution >= 0.6 is 0 Å². The maximum absolute atomic E-state index is 12.9. The van der Waals surface area contributed by atoms with E-state index in [1.165, 1.54) is 4.57 Å². The molecule has 25 heavy (non-hydrogen) atoms. The van der Waals surface area contributed by atoms with Crippen LogP contribution in [0.2, 0.25) is 0 Å². The van der Waals surface area contributed by atoms with Crippen molar-refractivity contribution in [3.8, 4) is 0 Å². The highest BCUT2D eigenvalue weighted by Gasteiger charge is 2.22. The van der Waals surface area contributed by atoms with Gasteiger partial charge in [-0.2, -0.15) is 0 Å². The van der Waals surface area contributed by atoms with Gasteiger partial charge >= 0.3 is 5.69 Å².